The zero-order valence-electron chi connectivity index (χ0n) is 12.2. The smallest absolute Gasteiger partial charge is 0.237 e. The van der Waals surface area contributed by atoms with E-state index in [1.54, 1.807) is 0 Å². The van der Waals surface area contributed by atoms with Crippen molar-refractivity contribution >= 4 is 11.7 Å². The molecule has 1 aliphatic rings. The number of piperazine rings is 1. The molecule has 2 rings (SSSR count). The lowest BCUT2D eigenvalue weighted by Gasteiger charge is -2.33. The van der Waals surface area contributed by atoms with Crippen molar-refractivity contribution in [1.29, 1.82) is 0 Å². The van der Waals surface area contributed by atoms with Crippen LogP contribution in [0.15, 0.2) is 18.2 Å². The second kappa shape index (κ2) is 6.67. The van der Waals surface area contributed by atoms with Crippen LogP contribution in [0.5, 0.6) is 5.75 Å². The summed E-state index contributed by atoms with van der Waals surface area (Å²) in [4.78, 5) is 26.0. The molecule has 1 heterocycles. The van der Waals surface area contributed by atoms with Crippen LogP contribution in [-0.4, -0.2) is 49.4 Å². The number of rotatable bonds is 5. The molecule has 1 N–H and O–H groups in total. The molecule has 6 heteroatoms. The minimum atomic E-state index is -0.484. The number of carbonyl (C=O) groups excluding carboxylic acids is 2. The number of benzene rings is 1. The summed E-state index contributed by atoms with van der Waals surface area (Å²) in [5.74, 6) is -0.458. The number of carbonyl (C=O) groups is 2. The van der Waals surface area contributed by atoms with Crippen molar-refractivity contribution in [1.82, 2.24) is 10.2 Å². The Morgan fingerprint density at radius 1 is 1.52 bits per heavy atom. The predicted octanol–water partition coefficient (Wildman–Crippen LogP) is 1.23. The number of hydrogen-bond acceptors (Lipinski definition) is 4. The highest BCUT2D eigenvalue weighted by Gasteiger charge is 2.30. The van der Waals surface area contributed by atoms with E-state index in [0.717, 1.165) is 0 Å². The average Bonchev–Trinajstić information content (AvgIpc) is 2.47. The number of hydrogen-bond donors (Lipinski definition) is 1. The molecule has 0 aromatic heterocycles. The van der Waals surface area contributed by atoms with Crippen molar-refractivity contribution in [2.24, 2.45) is 0 Å². The van der Waals surface area contributed by atoms with Gasteiger partial charge in [0.2, 0.25) is 5.91 Å². The molecule has 21 heavy (non-hydrogen) atoms. The second-order valence-corrected chi connectivity index (χ2v) is 4.95. The summed E-state index contributed by atoms with van der Waals surface area (Å²) in [5.41, 5.74) is 0.207. The van der Waals surface area contributed by atoms with E-state index < -0.39 is 5.82 Å². The molecule has 0 aliphatic carbocycles. The number of nitrogens with zero attached hydrogens (tertiary/aromatic N) is 1. The van der Waals surface area contributed by atoms with Crippen LogP contribution in [0.2, 0.25) is 0 Å². The number of ether oxygens (including phenoxy) is 1. The van der Waals surface area contributed by atoms with Crippen molar-refractivity contribution in [2.75, 3.05) is 26.7 Å². The first-order valence-corrected chi connectivity index (χ1v) is 6.95. The largest absolute Gasteiger partial charge is 0.496 e. The molecule has 1 amide bonds. The highest BCUT2D eigenvalue weighted by Crippen LogP contribution is 2.21. The number of methoxy groups -OCH3 is 1. The number of Topliss-reactive ketones (excluding diaryl/α,β-unsaturated/α-hetero) is 1. The Morgan fingerprint density at radius 2 is 2.29 bits per heavy atom. The molecule has 1 fully saturated rings. The Hall–Kier alpha value is -1.95. The summed E-state index contributed by atoms with van der Waals surface area (Å²) in [6, 6.07) is 3.54. The first kappa shape index (κ1) is 15.4. The van der Waals surface area contributed by atoms with Gasteiger partial charge in [0.05, 0.1) is 25.3 Å². The fourth-order valence-corrected chi connectivity index (χ4v) is 2.56. The van der Waals surface area contributed by atoms with E-state index in [9.17, 15) is 14.0 Å². The Balaban J connectivity index is 2.17. The maximum absolute atomic E-state index is 13.3. The monoisotopic (exact) mass is 294 g/mol. The van der Waals surface area contributed by atoms with Gasteiger partial charge in [-0.05, 0) is 24.6 Å². The van der Waals surface area contributed by atoms with Crippen molar-refractivity contribution in [3.8, 4) is 5.75 Å². The van der Waals surface area contributed by atoms with Crippen LogP contribution in [-0.2, 0) is 4.79 Å². The molecule has 1 unspecified atom stereocenters. The van der Waals surface area contributed by atoms with E-state index in [1.807, 2.05) is 11.8 Å². The maximum Gasteiger partial charge on any atom is 0.237 e. The molecule has 0 bridgehead atoms. The van der Waals surface area contributed by atoms with E-state index in [2.05, 4.69) is 5.32 Å². The van der Waals surface area contributed by atoms with Gasteiger partial charge < -0.3 is 10.1 Å². The number of ketones is 1. The summed E-state index contributed by atoms with van der Waals surface area (Å²) >= 11 is 0. The third kappa shape index (κ3) is 3.39. The summed E-state index contributed by atoms with van der Waals surface area (Å²) in [5, 5.41) is 2.78. The lowest BCUT2D eigenvalue weighted by atomic mass is 10.1. The highest BCUT2D eigenvalue weighted by atomic mass is 19.1. The van der Waals surface area contributed by atoms with Crippen LogP contribution in [0.1, 0.15) is 23.7 Å². The maximum atomic E-state index is 13.3. The fourth-order valence-electron chi connectivity index (χ4n) is 2.56. The Kier molecular flexibility index (Phi) is 4.90. The average molecular weight is 294 g/mol. The molecule has 0 saturated carbocycles. The van der Waals surface area contributed by atoms with Gasteiger partial charge in [0.25, 0.3) is 0 Å². The van der Waals surface area contributed by atoms with Gasteiger partial charge in [0.1, 0.15) is 11.6 Å². The minimum Gasteiger partial charge on any atom is -0.496 e. The molecule has 1 aromatic carbocycles. The zero-order chi connectivity index (χ0) is 15.4. The van der Waals surface area contributed by atoms with Crippen LogP contribution >= 0.6 is 0 Å². The summed E-state index contributed by atoms with van der Waals surface area (Å²) in [6.07, 6.45) is 0.624. The SMILES string of the molecule is CCC1C(=O)NCCN1CC(=O)c1cc(F)ccc1OC. The van der Waals surface area contributed by atoms with Gasteiger partial charge in [-0.3, -0.25) is 14.5 Å². The van der Waals surface area contributed by atoms with Crippen LogP contribution < -0.4 is 10.1 Å². The van der Waals surface area contributed by atoms with Crippen molar-refractivity contribution in [2.45, 2.75) is 19.4 Å². The van der Waals surface area contributed by atoms with E-state index in [0.29, 0.717) is 25.3 Å². The first-order valence-electron chi connectivity index (χ1n) is 6.95. The molecule has 1 saturated heterocycles. The van der Waals surface area contributed by atoms with Crippen LogP contribution in [0.25, 0.3) is 0 Å². The molecular formula is C15H19FN2O3. The lowest BCUT2D eigenvalue weighted by Crippen LogP contribution is -2.56. The highest BCUT2D eigenvalue weighted by molar-refractivity contribution is 6.00. The van der Waals surface area contributed by atoms with Gasteiger partial charge in [-0.15, -0.1) is 0 Å². The first-order chi connectivity index (χ1) is 10.1. The minimum absolute atomic E-state index is 0.0669. The lowest BCUT2D eigenvalue weighted by molar-refractivity contribution is -0.128. The Bertz CT molecular complexity index is 548. The summed E-state index contributed by atoms with van der Waals surface area (Å²) in [7, 11) is 1.44. The predicted molar refractivity (Wildman–Crippen MR) is 75.9 cm³/mol. The molecule has 1 aliphatic heterocycles. The molecule has 1 atom stereocenters. The molecule has 5 nitrogen and oxygen atoms in total. The van der Waals surface area contributed by atoms with Gasteiger partial charge in [0, 0.05) is 13.1 Å². The van der Waals surface area contributed by atoms with Gasteiger partial charge in [-0.2, -0.15) is 0 Å². The molecule has 0 radical (unpaired) electrons. The van der Waals surface area contributed by atoms with E-state index in [1.165, 1.54) is 25.3 Å². The third-order valence-corrected chi connectivity index (χ3v) is 3.64. The third-order valence-electron chi connectivity index (χ3n) is 3.64. The number of amides is 1. The van der Waals surface area contributed by atoms with Crippen molar-refractivity contribution in [3.63, 3.8) is 0 Å². The quantitative estimate of drug-likeness (QED) is 0.830. The molecule has 1 aromatic rings. The Morgan fingerprint density at radius 3 is 2.95 bits per heavy atom. The molecule has 114 valence electrons. The fraction of sp³-hybridized carbons (Fsp3) is 0.467. The van der Waals surface area contributed by atoms with Crippen LogP contribution in [0.4, 0.5) is 4.39 Å². The number of nitrogens with one attached hydrogen (secondary N) is 1. The topological polar surface area (TPSA) is 58.6 Å². The summed E-state index contributed by atoms with van der Waals surface area (Å²) < 4.78 is 18.4. The number of halogens is 1. The van der Waals surface area contributed by atoms with Crippen molar-refractivity contribution in [3.05, 3.63) is 29.6 Å². The van der Waals surface area contributed by atoms with Crippen molar-refractivity contribution < 1.29 is 18.7 Å². The molecular weight excluding hydrogens is 275 g/mol. The van der Waals surface area contributed by atoms with E-state index in [4.69, 9.17) is 4.74 Å². The van der Waals surface area contributed by atoms with E-state index >= 15 is 0 Å². The second-order valence-electron chi connectivity index (χ2n) is 4.95. The van der Waals surface area contributed by atoms with Crippen LogP contribution in [0, 0.1) is 5.82 Å². The van der Waals surface area contributed by atoms with Gasteiger partial charge in [0.15, 0.2) is 5.78 Å². The van der Waals surface area contributed by atoms with Crippen LogP contribution in [0.3, 0.4) is 0 Å². The van der Waals surface area contributed by atoms with Gasteiger partial charge in [-0.1, -0.05) is 6.92 Å². The van der Waals surface area contributed by atoms with Gasteiger partial charge in [-0.25, -0.2) is 4.39 Å². The van der Waals surface area contributed by atoms with Gasteiger partial charge >= 0.3 is 0 Å². The van der Waals surface area contributed by atoms with E-state index in [-0.39, 0.29) is 29.8 Å². The summed E-state index contributed by atoms with van der Waals surface area (Å²) in [6.45, 7) is 3.10. The standard InChI is InChI=1S/C15H19FN2O3/c1-3-12-15(20)17-6-7-18(12)9-13(19)11-8-10(16)4-5-14(11)21-2/h4-5,8,12H,3,6-7,9H2,1-2H3,(H,17,20). The zero-order valence-corrected chi connectivity index (χ0v) is 12.2. The molecule has 0 spiro atoms. The normalized spacial score (nSPS) is 19.2. The Labute approximate surface area is 123 Å².